The summed E-state index contributed by atoms with van der Waals surface area (Å²) >= 11 is 0. The number of benzene rings is 1. The van der Waals surface area contributed by atoms with Crippen LogP contribution < -0.4 is 9.47 Å². The predicted octanol–water partition coefficient (Wildman–Crippen LogP) is 2.13. The zero-order valence-corrected chi connectivity index (χ0v) is 10.3. The minimum Gasteiger partial charge on any atom is -0.426 e. The molecular weight excluding hydrogens is 236 g/mol. The lowest BCUT2D eigenvalue weighted by Crippen LogP contribution is -2.09. The van der Waals surface area contributed by atoms with Crippen LogP contribution in [0.2, 0.25) is 0 Å². The van der Waals surface area contributed by atoms with Crippen molar-refractivity contribution < 1.29 is 23.9 Å². The molecule has 0 aliphatic rings. The standard InChI is InChI=1S/C13H14O5/c1-3-12(15)17-10-6-5-9(8-14)11(7-10)18-13(16)4-2/h5-8H,3-4H2,1-2H3. The molecule has 0 saturated heterocycles. The fourth-order valence-corrected chi connectivity index (χ4v) is 1.16. The van der Waals surface area contributed by atoms with Gasteiger partial charge in [-0.05, 0) is 12.1 Å². The molecule has 96 valence electrons. The van der Waals surface area contributed by atoms with Crippen LogP contribution in [0.25, 0.3) is 0 Å². The Labute approximate surface area is 105 Å². The van der Waals surface area contributed by atoms with Crippen LogP contribution in [0.3, 0.4) is 0 Å². The minimum absolute atomic E-state index is 0.0956. The third-order valence-electron chi connectivity index (χ3n) is 2.14. The zero-order chi connectivity index (χ0) is 13.5. The topological polar surface area (TPSA) is 69.7 Å². The fourth-order valence-electron chi connectivity index (χ4n) is 1.16. The Morgan fingerprint density at radius 2 is 1.72 bits per heavy atom. The van der Waals surface area contributed by atoms with Gasteiger partial charge in [-0.15, -0.1) is 0 Å². The Morgan fingerprint density at radius 1 is 1.11 bits per heavy atom. The molecule has 1 aromatic rings. The maximum absolute atomic E-state index is 11.2. The van der Waals surface area contributed by atoms with Crippen LogP contribution in [0.15, 0.2) is 18.2 Å². The second-order valence-electron chi connectivity index (χ2n) is 3.47. The third-order valence-corrected chi connectivity index (χ3v) is 2.14. The Morgan fingerprint density at radius 3 is 2.28 bits per heavy atom. The van der Waals surface area contributed by atoms with E-state index in [-0.39, 0.29) is 29.9 Å². The van der Waals surface area contributed by atoms with Gasteiger partial charge in [0.2, 0.25) is 0 Å². The number of carbonyl (C=O) groups excluding carboxylic acids is 3. The van der Waals surface area contributed by atoms with Crippen molar-refractivity contribution in [2.45, 2.75) is 26.7 Å². The second-order valence-corrected chi connectivity index (χ2v) is 3.47. The van der Waals surface area contributed by atoms with Gasteiger partial charge in [0, 0.05) is 18.9 Å². The van der Waals surface area contributed by atoms with Gasteiger partial charge in [-0.2, -0.15) is 0 Å². The zero-order valence-electron chi connectivity index (χ0n) is 10.3. The average Bonchev–Trinajstić information content (AvgIpc) is 2.38. The maximum atomic E-state index is 11.2. The molecule has 0 unspecified atom stereocenters. The van der Waals surface area contributed by atoms with Gasteiger partial charge in [0.05, 0.1) is 5.56 Å². The summed E-state index contributed by atoms with van der Waals surface area (Å²) in [5, 5.41) is 0. The first-order valence-electron chi connectivity index (χ1n) is 5.61. The number of aldehydes is 1. The molecule has 0 amide bonds. The van der Waals surface area contributed by atoms with E-state index in [4.69, 9.17) is 9.47 Å². The smallest absolute Gasteiger partial charge is 0.310 e. The summed E-state index contributed by atoms with van der Waals surface area (Å²) in [6, 6.07) is 4.26. The summed E-state index contributed by atoms with van der Waals surface area (Å²) < 4.78 is 9.95. The van der Waals surface area contributed by atoms with Crippen LogP contribution in [0.1, 0.15) is 37.0 Å². The largest absolute Gasteiger partial charge is 0.426 e. The van der Waals surface area contributed by atoms with Crippen LogP contribution in [0, 0.1) is 0 Å². The van der Waals surface area contributed by atoms with Crippen molar-refractivity contribution in [1.29, 1.82) is 0 Å². The molecule has 0 N–H and O–H groups in total. The number of hydrogen-bond acceptors (Lipinski definition) is 5. The van der Waals surface area contributed by atoms with E-state index < -0.39 is 11.9 Å². The van der Waals surface area contributed by atoms with Crippen molar-refractivity contribution in [2.24, 2.45) is 0 Å². The van der Waals surface area contributed by atoms with Gasteiger partial charge < -0.3 is 9.47 Å². The molecule has 0 spiro atoms. The van der Waals surface area contributed by atoms with E-state index in [0.29, 0.717) is 6.29 Å². The normalized spacial score (nSPS) is 9.67. The van der Waals surface area contributed by atoms with E-state index in [0.717, 1.165) is 0 Å². The number of ether oxygens (including phenoxy) is 2. The molecular formula is C13H14O5. The second kappa shape index (κ2) is 6.54. The van der Waals surface area contributed by atoms with E-state index in [1.807, 2.05) is 0 Å². The molecule has 0 fully saturated rings. The quantitative estimate of drug-likeness (QED) is 0.455. The van der Waals surface area contributed by atoms with Crippen LogP contribution in [-0.2, 0) is 9.59 Å². The molecule has 5 nitrogen and oxygen atoms in total. The molecule has 0 atom stereocenters. The molecule has 0 aliphatic heterocycles. The van der Waals surface area contributed by atoms with E-state index in [2.05, 4.69) is 0 Å². The van der Waals surface area contributed by atoms with Gasteiger partial charge in [0.15, 0.2) is 6.29 Å². The molecule has 18 heavy (non-hydrogen) atoms. The van der Waals surface area contributed by atoms with E-state index in [1.165, 1.54) is 18.2 Å². The number of rotatable bonds is 5. The van der Waals surface area contributed by atoms with E-state index in [9.17, 15) is 14.4 Å². The Bertz CT molecular complexity index is 464. The van der Waals surface area contributed by atoms with Gasteiger partial charge in [0.25, 0.3) is 0 Å². The molecule has 1 rings (SSSR count). The van der Waals surface area contributed by atoms with Crippen LogP contribution >= 0.6 is 0 Å². The van der Waals surface area contributed by atoms with Gasteiger partial charge >= 0.3 is 11.9 Å². The molecule has 0 bridgehead atoms. The average molecular weight is 250 g/mol. The SMILES string of the molecule is CCC(=O)Oc1ccc(C=O)c(OC(=O)CC)c1. The van der Waals surface area contributed by atoms with Crippen LogP contribution in [0.5, 0.6) is 11.5 Å². The third kappa shape index (κ3) is 3.69. The number of hydrogen-bond donors (Lipinski definition) is 0. The van der Waals surface area contributed by atoms with E-state index >= 15 is 0 Å². The van der Waals surface area contributed by atoms with Crippen LogP contribution in [-0.4, -0.2) is 18.2 Å². The number of carbonyl (C=O) groups is 3. The number of esters is 2. The highest BCUT2D eigenvalue weighted by Crippen LogP contribution is 2.24. The molecule has 0 heterocycles. The van der Waals surface area contributed by atoms with Gasteiger partial charge in [-0.1, -0.05) is 13.8 Å². The summed E-state index contributed by atoms with van der Waals surface area (Å²) in [7, 11) is 0. The Hall–Kier alpha value is -2.17. The van der Waals surface area contributed by atoms with Gasteiger partial charge in [0.1, 0.15) is 11.5 Å². The summed E-state index contributed by atoms with van der Waals surface area (Å²) in [5.41, 5.74) is 0.230. The Balaban J connectivity index is 2.97. The molecule has 5 heteroatoms. The van der Waals surface area contributed by atoms with Crippen LogP contribution in [0.4, 0.5) is 0 Å². The van der Waals surface area contributed by atoms with Crippen molar-refractivity contribution in [3.63, 3.8) is 0 Å². The highest BCUT2D eigenvalue weighted by Gasteiger charge is 2.10. The van der Waals surface area contributed by atoms with Crippen molar-refractivity contribution in [2.75, 3.05) is 0 Å². The highest BCUT2D eigenvalue weighted by molar-refractivity contribution is 5.83. The highest BCUT2D eigenvalue weighted by atomic mass is 16.5. The molecule has 0 aromatic heterocycles. The first kappa shape index (κ1) is 13.9. The summed E-state index contributed by atoms with van der Waals surface area (Å²) in [6.07, 6.45) is 1.00. The minimum atomic E-state index is -0.461. The molecule has 1 aromatic carbocycles. The van der Waals surface area contributed by atoms with Gasteiger partial charge in [-0.25, -0.2) is 0 Å². The summed E-state index contributed by atoms with van der Waals surface area (Å²) in [5.74, 6) is -0.525. The molecule has 0 radical (unpaired) electrons. The fraction of sp³-hybridized carbons (Fsp3) is 0.308. The lowest BCUT2D eigenvalue weighted by molar-refractivity contribution is -0.134. The lowest BCUT2D eigenvalue weighted by Gasteiger charge is -2.08. The summed E-state index contributed by atoms with van der Waals surface area (Å²) in [4.78, 5) is 33.1. The van der Waals surface area contributed by atoms with Crippen molar-refractivity contribution in [3.8, 4) is 11.5 Å². The maximum Gasteiger partial charge on any atom is 0.310 e. The van der Waals surface area contributed by atoms with Crippen molar-refractivity contribution in [1.82, 2.24) is 0 Å². The molecule has 0 saturated carbocycles. The monoisotopic (exact) mass is 250 g/mol. The lowest BCUT2D eigenvalue weighted by atomic mass is 10.2. The summed E-state index contributed by atoms with van der Waals surface area (Å²) in [6.45, 7) is 3.31. The predicted molar refractivity (Wildman–Crippen MR) is 63.7 cm³/mol. The first-order valence-corrected chi connectivity index (χ1v) is 5.61. The first-order chi connectivity index (χ1) is 8.60. The molecule has 0 aliphatic carbocycles. The van der Waals surface area contributed by atoms with Gasteiger partial charge in [-0.3, -0.25) is 14.4 Å². The van der Waals surface area contributed by atoms with Crippen molar-refractivity contribution >= 4 is 18.2 Å². The Kier molecular flexibility index (Phi) is 5.05. The van der Waals surface area contributed by atoms with E-state index in [1.54, 1.807) is 13.8 Å². The van der Waals surface area contributed by atoms with Crippen molar-refractivity contribution in [3.05, 3.63) is 23.8 Å².